The van der Waals surface area contributed by atoms with Gasteiger partial charge < -0.3 is 10.4 Å². The van der Waals surface area contributed by atoms with Crippen molar-refractivity contribution in [3.8, 4) is 0 Å². The molecule has 2 N–H and O–H groups in total. The van der Waals surface area contributed by atoms with Crippen LogP contribution in [0.1, 0.15) is 36.0 Å². The van der Waals surface area contributed by atoms with Crippen LogP contribution in [-0.2, 0) is 4.79 Å². The largest absolute Gasteiger partial charge is 0.481 e. The predicted octanol–water partition coefficient (Wildman–Crippen LogP) is 2.12. The molecule has 0 aliphatic heterocycles. The van der Waals surface area contributed by atoms with E-state index in [4.69, 9.17) is 5.11 Å². The molecule has 1 aromatic heterocycles. The van der Waals surface area contributed by atoms with E-state index < -0.39 is 5.97 Å². The van der Waals surface area contributed by atoms with Crippen LogP contribution in [0.4, 0.5) is 0 Å². The highest BCUT2D eigenvalue weighted by Crippen LogP contribution is 2.43. The van der Waals surface area contributed by atoms with E-state index in [1.807, 2.05) is 5.38 Å². The molecule has 5 heteroatoms. The Balaban J connectivity index is 1.88. The zero-order valence-corrected chi connectivity index (χ0v) is 10.3. The van der Waals surface area contributed by atoms with Crippen molar-refractivity contribution >= 4 is 23.2 Å². The zero-order chi connectivity index (χ0) is 12.3. The maximum atomic E-state index is 11.7. The Bertz CT molecular complexity index is 409. The third-order valence-corrected chi connectivity index (χ3v) is 4.03. The number of aliphatic carboxylic acids is 1. The molecule has 1 amide bonds. The monoisotopic (exact) mass is 253 g/mol. The highest BCUT2D eigenvalue weighted by Gasteiger charge is 2.39. The second kappa shape index (κ2) is 4.87. The molecular weight excluding hydrogens is 238 g/mol. The van der Waals surface area contributed by atoms with Crippen molar-refractivity contribution in [1.29, 1.82) is 0 Å². The van der Waals surface area contributed by atoms with E-state index in [-0.39, 0.29) is 17.7 Å². The number of amides is 1. The number of carbonyl (C=O) groups excluding carboxylic acids is 1. The molecule has 0 saturated heterocycles. The molecule has 0 radical (unpaired) electrons. The summed E-state index contributed by atoms with van der Waals surface area (Å²) in [5, 5.41) is 15.3. The quantitative estimate of drug-likeness (QED) is 0.844. The smallest absolute Gasteiger partial charge is 0.303 e. The van der Waals surface area contributed by atoms with Crippen LogP contribution in [0.5, 0.6) is 0 Å². The molecule has 0 spiro atoms. The number of carboxylic acids is 1. The highest BCUT2D eigenvalue weighted by atomic mass is 32.1. The summed E-state index contributed by atoms with van der Waals surface area (Å²) in [7, 11) is 0. The van der Waals surface area contributed by atoms with Crippen molar-refractivity contribution in [2.24, 2.45) is 5.41 Å². The normalized spacial score (nSPS) is 17.2. The van der Waals surface area contributed by atoms with E-state index in [9.17, 15) is 9.59 Å². The SMILES string of the molecule is O=C(O)CC1(CNC(=O)c2ccsc2)CCC1. The van der Waals surface area contributed by atoms with Gasteiger partial charge in [0.25, 0.3) is 5.91 Å². The van der Waals surface area contributed by atoms with Crippen LogP contribution in [0.25, 0.3) is 0 Å². The Morgan fingerprint density at radius 3 is 2.71 bits per heavy atom. The van der Waals surface area contributed by atoms with Gasteiger partial charge in [0.1, 0.15) is 0 Å². The number of carboxylic acid groups (broad SMARTS) is 1. The summed E-state index contributed by atoms with van der Waals surface area (Å²) >= 11 is 1.48. The molecule has 92 valence electrons. The average Bonchev–Trinajstić information content (AvgIpc) is 2.74. The summed E-state index contributed by atoms with van der Waals surface area (Å²) in [4.78, 5) is 22.5. The number of hydrogen-bond donors (Lipinski definition) is 2. The molecule has 1 aromatic rings. The second-order valence-electron chi connectivity index (χ2n) is 4.62. The molecule has 4 nitrogen and oxygen atoms in total. The van der Waals surface area contributed by atoms with E-state index >= 15 is 0 Å². The molecule has 1 fully saturated rings. The number of rotatable bonds is 5. The van der Waals surface area contributed by atoms with Crippen molar-refractivity contribution in [3.05, 3.63) is 22.4 Å². The van der Waals surface area contributed by atoms with Crippen LogP contribution in [-0.4, -0.2) is 23.5 Å². The first-order valence-electron chi connectivity index (χ1n) is 5.64. The lowest BCUT2D eigenvalue weighted by Gasteiger charge is -2.40. The first kappa shape index (κ1) is 12.1. The average molecular weight is 253 g/mol. The molecule has 1 saturated carbocycles. The van der Waals surface area contributed by atoms with Gasteiger partial charge in [-0.15, -0.1) is 0 Å². The van der Waals surface area contributed by atoms with E-state index in [1.165, 1.54) is 11.3 Å². The molecule has 0 aromatic carbocycles. The molecular formula is C12H15NO3S. The maximum absolute atomic E-state index is 11.7. The van der Waals surface area contributed by atoms with Gasteiger partial charge in [0.05, 0.1) is 6.42 Å². The summed E-state index contributed by atoms with van der Waals surface area (Å²) < 4.78 is 0. The molecule has 0 atom stereocenters. The van der Waals surface area contributed by atoms with Gasteiger partial charge in [-0.2, -0.15) is 11.3 Å². The fraction of sp³-hybridized carbons (Fsp3) is 0.500. The molecule has 0 unspecified atom stereocenters. The molecule has 2 rings (SSSR count). The maximum Gasteiger partial charge on any atom is 0.303 e. The van der Waals surface area contributed by atoms with E-state index in [0.29, 0.717) is 12.1 Å². The first-order chi connectivity index (χ1) is 8.11. The predicted molar refractivity (Wildman–Crippen MR) is 65.2 cm³/mol. The van der Waals surface area contributed by atoms with E-state index in [0.717, 1.165) is 19.3 Å². The summed E-state index contributed by atoms with van der Waals surface area (Å²) in [6.07, 6.45) is 2.99. The van der Waals surface area contributed by atoms with Crippen molar-refractivity contribution in [1.82, 2.24) is 5.32 Å². The topological polar surface area (TPSA) is 66.4 Å². The highest BCUT2D eigenvalue weighted by molar-refractivity contribution is 7.08. The lowest BCUT2D eigenvalue weighted by molar-refractivity contribution is -0.141. The lowest BCUT2D eigenvalue weighted by Crippen LogP contribution is -2.43. The fourth-order valence-corrected chi connectivity index (χ4v) is 2.81. The van der Waals surface area contributed by atoms with Gasteiger partial charge in [0.15, 0.2) is 0 Å². The van der Waals surface area contributed by atoms with Crippen LogP contribution in [0.2, 0.25) is 0 Å². The Morgan fingerprint density at radius 2 is 2.24 bits per heavy atom. The molecule has 1 aliphatic carbocycles. The zero-order valence-electron chi connectivity index (χ0n) is 9.44. The second-order valence-corrected chi connectivity index (χ2v) is 5.40. The number of nitrogens with one attached hydrogen (secondary N) is 1. The fourth-order valence-electron chi connectivity index (χ4n) is 2.18. The minimum atomic E-state index is -0.783. The van der Waals surface area contributed by atoms with Crippen LogP contribution in [0.15, 0.2) is 16.8 Å². The first-order valence-corrected chi connectivity index (χ1v) is 6.58. The van der Waals surface area contributed by atoms with Crippen molar-refractivity contribution < 1.29 is 14.7 Å². The van der Waals surface area contributed by atoms with Crippen molar-refractivity contribution in [2.75, 3.05) is 6.54 Å². The van der Waals surface area contributed by atoms with E-state index in [1.54, 1.807) is 11.4 Å². The van der Waals surface area contributed by atoms with Crippen molar-refractivity contribution in [3.63, 3.8) is 0 Å². The minimum Gasteiger partial charge on any atom is -0.481 e. The molecule has 0 bridgehead atoms. The van der Waals surface area contributed by atoms with E-state index in [2.05, 4.69) is 5.32 Å². The van der Waals surface area contributed by atoms with Gasteiger partial charge in [-0.25, -0.2) is 0 Å². The van der Waals surface area contributed by atoms with Gasteiger partial charge in [-0.1, -0.05) is 6.42 Å². The minimum absolute atomic E-state index is 0.108. The molecule has 1 heterocycles. The van der Waals surface area contributed by atoms with Crippen LogP contribution in [0.3, 0.4) is 0 Å². The number of hydrogen-bond acceptors (Lipinski definition) is 3. The number of carbonyl (C=O) groups is 2. The summed E-state index contributed by atoms with van der Waals surface area (Å²) in [5.74, 6) is -0.891. The number of thiophene rings is 1. The van der Waals surface area contributed by atoms with Gasteiger partial charge >= 0.3 is 5.97 Å². The van der Waals surface area contributed by atoms with Gasteiger partial charge in [-0.3, -0.25) is 9.59 Å². The third kappa shape index (κ3) is 2.85. The van der Waals surface area contributed by atoms with Crippen LogP contribution < -0.4 is 5.32 Å². The third-order valence-electron chi connectivity index (χ3n) is 3.35. The van der Waals surface area contributed by atoms with Crippen molar-refractivity contribution in [2.45, 2.75) is 25.7 Å². The summed E-state index contributed by atoms with van der Waals surface area (Å²) in [5.41, 5.74) is 0.442. The Morgan fingerprint density at radius 1 is 1.47 bits per heavy atom. The Hall–Kier alpha value is -1.36. The lowest BCUT2D eigenvalue weighted by atomic mass is 9.66. The van der Waals surface area contributed by atoms with Gasteiger partial charge in [0, 0.05) is 17.5 Å². The molecule has 17 heavy (non-hydrogen) atoms. The molecule has 1 aliphatic rings. The Kier molecular flexibility index (Phi) is 3.47. The van der Waals surface area contributed by atoms with Gasteiger partial charge in [-0.05, 0) is 29.7 Å². The van der Waals surface area contributed by atoms with Gasteiger partial charge in [0.2, 0.25) is 0 Å². The van der Waals surface area contributed by atoms with Crippen LogP contribution in [0, 0.1) is 5.41 Å². The summed E-state index contributed by atoms with van der Waals surface area (Å²) in [6.45, 7) is 0.466. The summed E-state index contributed by atoms with van der Waals surface area (Å²) in [6, 6.07) is 1.77. The standard InChI is InChI=1S/C12H15NO3S/c14-10(15)6-12(3-1-4-12)8-13-11(16)9-2-5-17-7-9/h2,5,7H,1,3-4,6,8H2,(H,13,16)(H,14,15). The Labute approximate surface area is 104 Å². The van der Waals surface area contributed by atoms with Crippen LogP contribution >= 0.6 is 11.3 Å².